The van der Waals surface area contributed by atoms with Crippen molar-refractivity contribution in [3.8, 4) is 23.0 Å². The number of aliphatic hydroxyl groups excluding tert-OH is 1. The first-order valence-corrected chi connectivity index (χ1v) is 12.7. The summed E-state index contributed by atoms with van der Waals surface area (Å²) in [5, 5.41) is 55.0. The second-order valence-corrected chi connectivity index (χ2v) is 9.21. The first kappa shape index (κ1) is 31.7. The average molecular weight is 558 g/mol. The summed E-state index contributed by atoms with van der Waals surface area (Å²) in [7, 11) is 1.00. The lowest BCUT2D eigenvalue weighted by molar-refractivity contribution is -0.147. The molecule has 2 aromatic carbocycles. The number of amides is 1. The lowest BCUT2D eigenvalue weighted by Gasteiger charge is -2.27. The van der Waals surface area contributed by atoms with Gasteiger partial charge in [0.05, 0.1) is 0 Å². The molecule has 7 N–H and O–H groups in total. The van der Waals surface area contributed by atoms with Gasteiger partial charge in [-0.05, 0) is 86.1 Å². The van der Waals surface area contributed by atoms with E-state index in [2.05, 4.69) is 5.32 Å². The van der Waals surface area contributed by atoms with Gasteiger partial charge in [0.25, 0.3) is 0 Å². The van der Waals surface area contributed by atoms with Crippen LogP contribution in [0.15, 0.2) is 48.6 Å². The summed E-state index contributed by atoms with van der Waals surface area (Å²) in [4.78, 5) is 34.2. The largest absolute Gasteiger partial charge is 0.504 e. The number of carbonyl (C=O) groups is 3. The maximum atomic E-state index is 12.1. The topological polar surface area (TPSA) is 194 Å². The van der Waals surface area contributed by atoms with E-state index in [0.717, 1.165) is 45.3 Å². The molecular formula is C29H35NO10. The van der Waals surface area contributed by atoms with E-state index in [1.165, 1.54) is 48.6 Å². The molecule has 2 aliphatic rings. The van der Waals surface area contributed by atoms with Crippen LogP contribution in [-0.2, 0) is 19.1 Å². The van der Waals surface area contributed by atoms with Gasteiger partial charge in [-0.1, -0.05) is 12.1 Å². The number of nitrogens with one attached hydrogen (secondary N) is 1. The molecule has 2 fully saturated rings. The summed E-state index contributed by atoms with van der Waals surface area (Å²) in [6, 6.07) is 8.69. The predicted molar refractivity (Wildman–Crippen MR) is 146 cm³/mol. The number of carboxylic acids is 1. The first-order valence-electron chi connectivity index (χ1n) is 12.7. The van der Waals surface area contributed by atoms with Crippen LogP contribution in [0.25, 0.3) is 12.2 Å². The van der Waals surface area contributed by atoms with E-state index in [0.29, 0.717) is 23.6 Å². The van der Waals surface area contributed by atoms with Crippen LogP contribution in [-0.4, -0.2) is 67.7 Å². The molecule has 216 valence electrons. The third kappa shape index (κ3) is 11.1. The molecule has 0 heterocycles. The van der Waals surface area contributed by atoms with E-state index in [4.69, 9.17) is 25.2 Å². The maximum Gasteiger partial charge on any atom is 0.331 e. The Balaban J connectivity index is 0.000000315. The number of phenolic OH excluding ortho intramolecular Hbond substituents is 4. The number of carboxylic acid groups (broad SMARTS) is 1. The van der Waals surface area contributed by atoms with Crippen LogP contribution < -0.4 is 5.32 Å². The molecule has 0 radical (unpaired) electrons. The fourth-order valence-electron chi connectivity index (χ4n) is 3.86. The SMILES string of the molecule is CO.O=C(/C=C/c1ccc(O)c(O)c1)OC1CCCC(C(=O)NC2CC2)C1.O=C(O)/C=C/c1ccc(O)c(O)c1. The van der Waals surface area contributed by atoms with Crippen LogP contribution in [0, 0.1) is 5.92 Å². The third-order valence-corrected chi connectivity index (χ3v) is 6.03. The van der Waals surface area contributed by atoms with Gasteiger partial charge in [-0.25, -0.2) is 9.59 Å². The van der Waals surface area contributed by atoms with Crippen LogP contribution in [0.4, 0.5) is 0 Å². The fraction of sp³-hybridized carbons (Fsp3) is 0.345. The highest BCUT2D eigenvalue weighted by molar-refractivity contribution is 5.87. The minimum Gasteiger partial charge on any atom is -0.504 e. The number of rotatable bonds is 7. The number of esters is 1. The standard InChI is InChI=1S/C19H23NO5.C9H8O4.CH4O/c21-16-8-4-12(10-17(16)22)5-9-18(23)25-15-3-1-2-13(11-15)19(24)20-14-6-7-14;10-7-3-1-6(5-8(7)11)2-4-9(12)13;1-2/h4-5,8-10,13-15,21-22H,1-3,6-7,11H2,(H,20,24);1-5,10-11H,(H,12,13);2H,1H3/b9-5+;4-2+;. The van der Waals surface area contributed by atoms with Crippen molar-refractivity contribution in [3.63, 3.8) is 0 Å². The first-order chi connectivity index (χ1) is 19.1. The number of phenols is 4. The zero-order chi connectivity index (χ0) is 29.7. The Morgan fingerprint density at radius 3 is 1.85 bits per heavy atom. The molecule has 2 aromatic rings. The molecular weight excluding hydrogens is 522 g/mol. The Kier molecular flexibility index (Phi) is 12.5. The molecule has 0 saturated heterocycles. The van der Waals surface area contributed by atoms with Crippen molar-refractivity contribution in [2.24, 2.45) is 5.92 Å². The van der Waals surface area contributed by atoms with Gasteiger partial charge in [-0.15, -0.1) is 0 Å². The smallest absolute Gasteiger partial charge is 0.331 e. The Morgan fingerprint density at radius 2 is 1.35 bits per heavy atom. The van der Waals surface area contributed by atoms with Crippen LogP contribution >= 0.6 is 0 Å². The van der Waals surface area contributed by atoms with Crippen molar-refractivity contribution in [2.75, 3.05) is 7.11 Å². The van der Waals surface area contributed by atoms with Crippen molar-refractivity contribution in [3.05, 3.63) is 59.7 Å². The van der Waals surface area contributed by atoms with Gasteiger partial charge >= 0.3 is 11.9 Å². The van der Waals surface area contributed by atoms with E-state index in [9.17, 15) is 24.6 Å². The molecule has 0 aromatic heterocycles. The second kappa shape index (κ2) is 15.8. The number of hydrogen-bond acceptors (Lipinski definition) is 9. The van der Waals surface area contributed by atoms with Crippen molar-refractivity contribution in [2.45, 2.75) is 50.7 Å². The van der Waals surface area contributed by atoms with E-state index in [-0.39, 0.29) is 40.9 Å². The van der Waals surface area contributed by atoms with Crippen LogP contribution in [0.5, 0.6) is 23.0 Å². The number of hydrogen-bond donors (Lipinski definition) is 7. The molecule has 11 heteroatoms. The molecule has 2 atom stereocenters. The Bertz CT molecular complexity index is 1220. The minimum absolute atomic E-state index is 0.0785. The van der Waals surface area contributed by atoms with Gasteiger partial charge in [-0.2, -0.15) is 0 Å². The van der Waals surface area contributed by atoms with Crippen molar-refractivity contribution in [1.29, 1.82) is 0 Å². The molecule has 4 rings (SSSR count). The predicted octanol–water partition coefficient (Wildman–Crippen LogP) is 3.30. The lowest BCUT2D eigenvalue weighted by atomic mass is 9.86. The van der Waals surface area contributed by atoms with E-state index in [1.807, 2.05) is 0 Å². The van der Waals surface area contributed by atoms with Gasteiger partial charge in [0.15, 0.2) is 23.0 Å². The fourth-order valence-corrected chi connectivity index (χ4v) is 3.86. The highest BCUT2D eigenvalue weighted by Crippen LogP contribution is 2.29. The van der Waals surface area contributed by atoms with Gasteiger partial charge in [-0.3, -0.25) is 4.79 Å². The highest BCUT2D eigenvalue weighted by Gasteiger charge is 2.32. The highest BCUT2D eigenvalue weighted by atomic mass is 16.5. The summed E-state index contributed by atoms with van der Waals surface area (Å²) in [6.07, 6.45) is 10.0. The van der Waals surface area contributed by atoms with Gasteiger partial charge < -0.3 is 40.7 Å². The minimum atomic E-state index is -1.06. The number of aliphatic hydroxyl groups is 1. The average Bonchev–Trinajstić information content (AvgIpc) is 3.76. The Morgan fingerprint density at radius 1 is 0.800 bits per heavy atom. The summed E-state index contributed by atoms with van der Waals surface area (Å²) < 4.78 is 5.45. The normalized spacial score (nSPS) is 18.1. The zero-order valence-electron chi connectivity index (χ0n) is 22.1. The number of carbonyl (C=O) groups excluding carboxylic acids is 2. The lowest BCUT2D eigenvalue weighted by Crippen LogP contribution is -2.37. The van der Waals surface area contributed by atoms with E-state index >= 15 is 0 Å². The molecule has 0 bridgehead atoms. The molecule has 2 saturated carbocycles. The van der Waals surface area contributed by atoms with E-state index < -0.39 is 11.9 Å². The maximum absolute atomic E-state index is 12.1. The molecule has 1 amide bonds. The van der Waals surface area contributed by atoms with Crippen molar-refractivity contribution >= 4 is 30.0 Å². The zero-order valence-corrected chi connectivity index (χ0v) is 22.1. The van der Waals surface area contributed by atoms with Gasteiger partial charge in [0, 0.05) is 31.2 Å². The third-order valence-electron chi connectivity index (χ3n) is 6.03. The molecule has 40 heavy (non-hydrogen) atoms. The number of ether oxygens (including phenoxy) is 1. The Labute approximate surface area is 231 Å². The van der Waals surface area contributed by atoms with Crippen molar-refractivity contribution in [1.82, 2.24) is 5.32 Å². The molecule has 0 spiro atoms. The van der Waals surface area contributed by atoms with E-state index in [1.54, 1.807) is 6.07 Å². The molecule has 11 nitrogen and oxygen atoms in total. The molecule has 2 unspecified atom stereocenters. The number of aliphatic carboxylic acids is 1. The number of aromatic hydroxyl groups is 4. The molecule has 2 aliphatic carbocycles. The summed E-state index contributed by atoms with van der Waals surface area (Å²) in [5.41, 5.74) is 1.09. The van der Waals surface area contributed by atoms with Crippen LogP contribution in [0.2, 0.25) is 0 Å². The second-order valence-electron chi connectivity index (χ2n) is 9.21. The summed E-state index contributed by atoms with van der Waals surface area (Å²) >= 11 is 0. The van der Waals surface area contributed by atoms with Gasteiger partial charge in [0.1, 0.15) is 6.10 Å². The van der Waals surface area contributed by atoms with Gasteiger partial charge in [0.2, 0.25) is 5.91 Å². The summed E-state index contributed by atoms with van der Waals surface area (Å²) in [6.45, 7) is 0. The van der Waals surface area contributed by atoms with Crippen LogP contribution in [0.1, 0.15) is 49.7 Å². The van der Waals surface area contributed by atoms with Crippen LogP contribution in [0.3, 0.4) is 0 Å². The quantitative estimate of drug-likeness (QED) is 0.151. The van der Waals surface area contributed by atoms with Crippen molar-refractivity contribution < 1.29 is 49.8 Å². The molecule has 0 aliphatic heterocycles. The Hall–Kier alpha value is -4.51. The number of benzene rings is 2. The summed E-state index contributed by atoms with van der Waals surface area (Å²) in [5.74, 6) is -2.48. The monoisotopic (exact) mass is 557 g/mol.